The largest absolute Gasteiger partial charge is 0.309 e. The van der Waals surface area contributed by atoms with Gasteiger partial charge in [-0.3, -0.25) is 0 Å². The van der Waals surface area contributed by atoms with Gasteiger partial charge in [0, 0.05) is 18.6 Å². The molecule has 2 unspecified atom stereocenters. The molecule has 1 N–H and O–H groups in total. The predicted octanol–water partition coefficient (Wildman–Crippen LogP) is 3.13. The van der Waals surface area contributed by atoms with Crippen molar-refractivity contribution in [2.24, 2.45) is 11.3 Å². The highest BCUT2D eigenvalue weighted by atomic mass is 15.1. The molecule has 0 aliphatic heterocycles. The van der Waals surface area contributed by atoms with E-state index in [4.69, 9.17) is 0 Å². The van der Waals surface area contributed by atoms with Crippen molar-refractivity contribution < 1.29 is 0 Å². The molecule has 1 fully saturated rings. The van der Waals surface area contributed by atoms with Crippen LogP contribution in [0.15, 0.2) is 0 Å². The lowest BCUT2D eigenvalue weighted by Crippen LogP contribution is -2.48. The fourth-order valence-corrected chi connectivity index (χ4v) is 3.13. The van der Waals surface area contributed by atoms with Gasteiger partial charge < -0.3 is 10.2 Å². The molecule has 2 nitrogen and oxygen atoms in total. The van der Waals surface area contributed by atoms with Crippen molar-refractivity contribution in [2.75, 3.05) is 20.6 Å². The Morgan fingerprint density at radius 3 is 2.35 bits per heavy atom. The summed E-state index contributed by atoms with van der Waals surface area (Å²) in [6.45, 7) is 10.6. The summed E-state index contributed by atoms with van der Waals surface area (Å²) in [6.07, 6.45) is 5.40. The van der Waals surface area contributed by atoms with E-state index in [2.05, 4.69) is 52.0 Å². The summed E-state index contributed by atoms with van der Waals surface area (Å²) in [5.41, 5.74) is 0.488. The van der Waals surface area contributed by atoms with Gasteiger partial charge in [0.15, 0.2) is 0 Å². The summed E-state index contributed by atoms with van der Waals surface area (Å²) in [5, 5.41) is 3.93. The first-order valence-electron chi connectivity index (χ1n) is 7.22. The van der Waals surface area contributed by atoms with Crippen LogP contribution in [-0.4, -0.2) is 37.6 Å². The third kappa shape index (κ3) is 4.97. The third-order valence-electron chi connectivity index (χ3n) is 4.04. The Morgan fingerprint density at radius 1 is 1.29 bits per heavy atom. The van der Waals surface area contributed by atoms with E-state index >= 15 is 0 Å². The lowest BCUT2D eigenvalue weighted by molar-refractivity contribution is 0.222. The highest BCUT2D eigenvalue weighted by molar-refractivity contribution is 4.92. The van der Waals surface area contributed by atoms with Crippen LogP contribution in [0.5, 0.6) is 0 Å². The molecule has 0 heterocycles. The number of likely N-dealkylation sites (N-methyl/N-ethyl adjacent to an activating group) is 1. The molecule has 0 saturated heterocycles. The molecule has 1 rings (SSSR count). The number of hydrogen-bond acceptors (Lipinski definition) is 2. The Morgan fingerprint density at radius 2 is 1.94 bits per heavy atom. The monoisotopic (exact) mass is 240 g/mol. The molecule has 17 heavy (non-hydrogen) atoms. The van der Waals surface area contributed by atoms with Crippen molar-refractivity contribution in [3.63, 3.8) is 0 Å². The van der Waals surface area contributed by atoms with Crippen LogP contribution < -0.4 is 5.32 Å². The first-order chi connectivity index (χ1) is 7.81. The van der Waals surface area contributed by atoms with Gasteiger partial charge in [-0.15, -0.1) is 0 Å². The molecule has 2 atom stereocenters. The molecule has 0 aromatic rings. The predicted molar refractivity (Wildman–Crippen MR) is 76.4 cm³/mol. The van der Waals surface area contributed by atoms with Crippen LogP contribution in [0.2, 0.25) is 0 Å². The number of nitrogens with zero attached hydrogens (tertiary/aromatic N) is 1. The molecule has 0 aromatic heterocycles. The van der Waals surface area contributed by atoms with Gasteiger partial charge in [0.2, 0.25) is 0 Å². The summed E-state index contributed by atoms with van der Waals surface area (Å²) < 4.78 is 0. The quantitative estimate of drug-likeness (QED) is 0.767. The Kier molecular flexibility index (Phi) is 5.46. The minimum Gasteiger partial charge on any atom is -0.309 e. The molecule has 1 aliphatic carbocycles. The molecule has 102 valence electrons. The van der Waals surface area contributed by atoms with Gasteiger partial charge in [0.1, 0.15) is 0 Å². The molecule has 1 saturated carbocycles. The normalized spacial score (nSPS) is 25.8. The van der Waals surface area contributed by atoms with Gasteiger partial charge in [0.05, 0.1) is 0 Å². The van der Waals surface area contributed by atoms with E-state index in [0.29, 0.717) is 17.5 Å². The second-order valence-electron chi connectivity index (χ2n) is 7.19. The van der Waals surface area contributed by atoms with Crippen molar-refractivity contribution >= 4 is 0 Å². The number of nitrogens with one attached hydrogen (secondary N) is 1. The lowest BCUT2D eigenvalue weighted by Gasteiger charge is -2.34. The van der Waals surface area contributed by atoms with Gasteiger partial charge in [-0.05, 0) is 44.7 Å². The molecule has 0 aromatic carbocycles. The zero-order chi connectivity index (χ0) is 13.1. The second-order valence-corrected chi connectivity index (χ2v) is 7.19. The average molecular weight is 240 g/mol. The molecule has 0 bridgehead atoms. The molecule has 0 amide bonds. The van der Waals surface area contributed by atoms with E-state index in [0.717, 1.165) is 12.5 Å². The highest BCUT2D eigenvalue weighted by Crippen LogP contribution is 2.37. The summed E-state index contributed by atoms with van der Waals surface area (Å²) in [4.78, 5) is 2.31. The van der Waals surface area contributed by atoms with Gasteiger partial charge in [0.25, 0.3) is 0 Å². The maximum absolute atomic E-state index is 3.93. The summed E-state index contributed by atoms with van der Waals surface area (Å²) in [6, 6.07) is 1.36. The lowest BCUT2D eigenvalue weighted by atomic mass is 9.86. The van der Waals surface area contributed by atoms with E-state index in [1.165, 1.54) is 25.7 Å². The van der Waals surface area contributed by atoms with Crippen molar-refractivity contribution in [1.82, 2.24) is 10.2 Å². The molecular formula is C15H32N2. The van der Waals surface area contributed by atoms with Crippen LogP contribution in [0, 0.1) is 11.3 Å². The van der Waals surface area contributed by atoms with Crippen LogP contribution in [0.3, 0.4) is 0 Å². The third-order valence-corrected chi connectivity index (χ3v) is 4.04. The summed E-state index contributed by atoms with van der Waals surface area (Å²) in [7, 11) is 4.35. The van der Waals surface area contributed by atoms with Crippen molar-refractivity contribution in [2.45, 2.75) is 65.5 Å². The zero-order valence-electron chi connectivity index (χ0n) is 12.7. The van der Waals surface area contributed by atoms with Crippen LogP contribution in [0.4, 0.5) is 0 Å². The minimum atomic E-state index is 0.488. The fraction of sp³-hybridized carbons (Fsp3) is 1.00. The van der Waals surface area contributed by atoms with E-state index in [1.54, 1.807) is 0 Å². The van der Waals surface area contributed by atoms with E-state index < -0.39 is 0 Å². The van der Waals surface area contributed by atoms with E-state index in [-0.39, 0.29) is 0 Å². The van der Waals surface area contributed by atoms with Gasteiger partial charge in [-0.25, -0.2) is 0 Å². The van der Waals surface area contributed by atoms with Crippen molar-refractivity contribution in [3.05, 3.63) is 0 Å². The average Bonchev–Trinajstić information content (AvgIpc) is 2.43. The first-order valence-corrected chi connectivity index (χ1v) is 7.22. The Labute approximate surface area is 108 Å². The molecule has 0 radical (unpaired) electrons. The maximum atomic E-state index is 3.93. The standard InChI is InChI=1S/C15H32N2/c1-12(2)10-13(11-17(5)6)16-14-8-7-9-15(14,3)4/h12-14,16H,7-11H2,1-6H3. The Balaban J connectivity index is 2.52. The first kappa shape index (κ1) is 15.0. The summed E-state index contributed by atoms with van der Waals surface area (Å²) in [5.74, 6) is 0.775. The molecule has 0 spiro atoms. The van der Waals surface area contributed by atoms with E-state index in [9.17, 15) is 0 Å². The van der Waals surface area contributed by atoms with Gasteiger partial charge in [-0.2, -0.15) is 0 Å². The highest BCUT2D eigenvalue weighted by Gasteiger charge is 2.35. The van der Waals surface area contributed by atoms with E-state index in [1.807, 2.05) is 0 Å². The Bertz CT molecular complexity index is 211. The summed E-state index contributed by atoms with van der Waals surface area (Å²) >= 11 is 0. The van der Waals surface area contributed by atoms with Crippen LogP contribution in [-0.2, 0) is 0 Å². The minimum absolute atomic E-state index is 0.488. The molecule has 1 aliphatic rings. The van der Waals surface area contributed by atoms with Crippen molar-refractivity contribution in [1.29, 1.82) is 0 Å². The topological polar surface area (TPSA) is 15.3 Å². The smallest absolute Gasteiger partial charge is 0.0200 e. The maximum Gasteiger partial charge on any atom is 0.0200 e. The molecule has 2 heteroatoms. The van der Waals surface area contributed by atoms with Crippen molar-refractivity contribution in [3.8, 4) is 0 Å². The second kappa shape index (κ2) is 6.19. The Hall–Kier alpha value is -0.0800. The van der Waals surface area contributed by atoms with Gasteiger partial charge in [-0.1, -0.05) is 34.1 Å². The van der Waals surface area contributed by atoms with Gasteiger partial charge >= 0.3 is 0 Å². The fourth-order valence-electron chi connectivity index (χ4n) is 3.13. The number of rotatable bonds is 6. The SMILES string of the molecule is CC(C)CC(CN(C)C)NC1CCCC1(C)C. The molecular weight excluding hydrogens is 208 g/mol. The number of hydrogen-bond donors (Lipinski definition) is 1. The van der Waals surface area contributed by atoms with Crippen LogP contribution in [0.25, 0.3) is 0 Å². The van der Waals surface area contributed by atoms with Crippen LogP contribution >= 0.6 is 0 Å². The van der Waals surface area contributed by atoms with Crippen LogP contribution in [0.1, 0.15) is 53.4 Å². The zero-order valence-corrected chi connectivity index (χ0v) is 12.7.